The number of carbonyl (C=O) groups excluding carboxylic acids is 2. The van der Waals surface area contributed by atoms with E-state index in [9.17, 15) is 19.0 Å². The van der Waals surface area contributed by atoms with Crippen LogP contribution in [-0.4, -0.2) is 11.9 Å². The second-order valence-corrected chi connectivity index (χ2v) is 2.87. The van der Waals surface area contributed by atoms with Crippen LogP contribution in [0.2, 0.25) is 0 Å². The van der Waals surface area contributed by atoms with Crippen molar-refractivity contribution >= 4 is 19.8 Å². The molecule has 6 nitrogen and oxygen atoms in total. The van der Waals surface area contributed by atoms with Crippen LogP contribution in [0.1, 0.15) is 13.8 Å². The van der Waals surface area contributed by atoms with Crippen molar-refractivity contribution < 1.29 is 57.7 Å². The van der Waals surface area contributed by atoms with Crippen LogP contribution < -0.4 is 34.5 Å². The molecule has 12 heavy (non-hydrogen) atoms. The predicted octanol–water partition coefficient (Wildman–Crippen LogP) is -3.41. The number of hydrogen-bond donors (Lipinski definition) is 0. The Kier molecular flexibility index (Phi) is 6.98. The van der Waals surface area contributed by atoms with E-state index in [1.807, 2.05) is 0 Å². The molecule has 0 saturated carbocycles. The van der Waals surface area contributed by atoms with Crippen LogP contribution in [0, 0.1) is 0 Å². The Morgan fingerprint density at radius 3 is 1.58 bits per heavy atom. The summed E-state index contributed by atoms with van der Waals surface area (Å²) >= 11 is 0. The van der Waals surface area contributed by atoms with Crippen molar-refractivity contribution in [1.29, 1.82) is 0 Å². The van der Waals surface area contributed by atoms with Crippen LogP contribution in [0.25, 0.3) is 0 Å². The first-order valence-corrected chi connectivity index (χ1v) is 4.01. The molecule has 0 saturated heterocycles. The molecule has 0 N–H and O–H groups in total. The van der Waals surface area contributed by atoms with Crippen LogP contribution in [0.5, 0.6) is 0 Å². The van der Waals surface area contributed by atoms with Crippen molar-refractivity contribution in [3.8, 4) is 0 Å². The van der Waals surface area contributed by atoms with E-state index in [1.165, 1.54) is 0 Å². The van der Waals surface area contributed by atoms with Crippen molar-refractivity contribution in [3.05, 3.63) is 0 Å². The van der Waals surface area contributed by atoms with Crippen molar-refractivity contribution in [2.24, 2.45) is 0 Å². The fraction of sp³-hybridized carbons (Fsp3) is 0.500. The largest absolute Gasteiger partial charge is 1.00 e. The minimum absolute atomic E-state index is 0. The molecule has 0 aromatic heterocycles. The first kappa shape index (κ1) is 14.6. The number of phosphoric ester groups is 1. The summed E-state index contributed by atoms with van der Waals surface area (Å²) in [4.78, 5) is 30.5. The van der Waals surface area contributed by atoms with Gasteiger partial charge in [0.25, 0.3) is 0 Å². The fourth-order valence-corrected chi connectivity index (χ4v) is 1.00. The normalized spacial score (nSPS) is 9.58. The molecule has 0 atom stereocenters. The van der Waals surface area contributed by atoms with Gasteiger partial charge in [-0.15, -0.1) is 0 Å². The quantitative estimate of drug-likeness (QED) is 0.343. The molecule has 0 rings (SSSR count). The molecule has 8 heteroatoms. The fourth-order valence-electron chi connectivity index (χ4n) is 0.334. The molecule has 0 aliphatic carbocycles. The molecule has 0 bridgehead atoms. The second-order valence-electron chi connectivity index (χ2n) is 1.61. The average molecular weight is 204 g/mol. The minimum Gasteiger partial charge on any atom is -0.736 e. The van der Waals surface area contributed by atoms with Gasteiger partial charge in [-0.1, -0.05) is 0 Å². The first-order chi connectivity index (χ1) is 4.83. The first-order valence-electron chi connectivity index (χ1n) is 2.55. The van der Waals surface area contributed by atoms with Crippen LogP contribution >= 0.6 is 7.82 Å². The molecule has 0 aliphatic rings. The van der Waals surface area contributed by atoms with Gasteiger partial charge in [0.1, 0.15) is 0 Å². The topological polar surface area (TPSA) is 92.7 Å². The van der Waals surface area contributed by atoms with Gasteiger partial charge in [-0.3, -0.25) is 9.59 Å². The molecule has 0 amide bonds. The predicted molar refractivity (Wildman–Crippen MR) is 31.1 cm³/mol. The zero-order chi connectivity index (χ0) is 9.07. The van der Waals surface area contributed by atoms with E-state index in [1.54, 1.807) is 0 Å². The smallest absolute Gasteiger partial charge is 0.736 e. The maximum absolute atomic E-state index is 10.4. The van der Waals surface area contributed by atoms with Gasteiger partial charge in [-0.25, -0.2) is 4.57 Å². The molecule has 0 unspecified atom stereocenters. The third kappa shape index (κ3) is 8.23. The zero-order valence-corrected chi connectivity index (χ0v) is 9.79. The van der Waals surface area contributed by atoms with Crippen molar-refractivity contribution in [3.63, 3.8) is 0 Å². The standard InChI is InChI=1S/C4H7O6P.Na/c1-3(5)9-11(7,8)10-4(2)6;/h1-2H3,(H,7,8);/q;+1/p-1. The molecule has 0 spiro atoms. The molecule has 64 valence electrons. The van der Waals surface area contributed by atoms with Gasteiger partial charge in [0.05, 0.1) is 0 Å². The maximum Gasteiger partial charge on any atom is 1.00 e. The zero-order valence-electron chi connectivity index (χ0n) is 6.90. The van der Waals surface area contributed by atoms with Gasteiger partial charge in [0, 0.05) is 13.8 Å². The third-order valence-electron chi connectivity index (χ3n) is 0.481. The summed E-state index contributed by atoms with van der Waals surface area (Å²) in [5.41, 5.74) is 0. The van der Waals surface area contributed by atoms with E-state index in [4.69, 9.17) is 0 Å². The minimum atomic E-state index is -4.75. The molecular formula is C4H6NaO6P. The van der Waals surface area contributed by atoms with Gasteiger partial charge >= 0.3 is 49.3 Å². The van der Waals surface area contributed by atoms with E-state index in [0.29, 0.717) is 0 Å². The molecule has 0 aliphatic heterocycles. The molecule has 0 aromatic carbocycles. The Bertz CT molecular complexity index is 206. The summed E-state index contributed by atoms with van der Waals surface area (Å²) < 4.78 is 17.7. The van der Waals surface area contributed by atoms with Crippen LogP contribution in [0.3, 0.4) is 0 Å². The Morgan fingerprint density at radius 2 is 1.42 bits per heavy atom. The number of rotatable bonds is 2. The summed E-state index contributed by atoms with van der Waals surface area (Å²) in [7, 11) is -4.75. The van der Waals surface area contributed by atoms with Gasteiger partial charge in [-0.2, -0.15) is 0 Å². The molecule has 0 fully saturated rings. The summed E-state index contributed by atoms with van der Waals surface area (Å²) in [6.07, 6.45) is 0. The Hall–Kier alpha value is 0.130. The van der Waals surface area contributed by atoms with Crippen molar-refractivity contribution in [2.75, 3.05) is 0 Å². The van der Waals surface area contributed by atoms with Crippen LogP contribution in [-0.2, 0) is 23.2 Å². The van der Waals surface area contributed by atoms with E-state index in [-0.39, 0.29) is 29.6 Å². The van der Waals surface area contributed by atoms with Gasteiger partial charge in [-0.05, 0) is 0 Å². The van der Waals surface area contributed by atoms with Gasteiger partial charge < -0.3 is 13.9 Å². The number of carbonyl (C=O) groups is 2. The van der Waals surface area contributed by atoms with Gasteiger partial charge in [0.2, 0.25) is 0 Å². The monoisotopic (exact) mass is 204 g/mol. The van der Waals surface area contributed by atoms with Crippen LogP contribution in [0.4, 0.5) is 0 Å². The Balaban J connectivity index is 0. The summed E-state index contributed by atoms with van der Waals surface area (Å²) in [5.74, 6) is -2.10. The van der Waals surface area contributed by atoms with E-state index in [0.717, 1.165) is 13.8 Å². The maximum atomic E-state index is 10.4. The molecule has 0 radical (unpaired) electrons. The molecular weight excluding hydrogens is 198 g/mol. The average Bonchev–Trinajstić information content (AvgIpc) is 1.53. The molecule has 0 heterocycles. The third-order valence-corrected chi connectivity index (χ3v) is 1.44. The Morgan fingerprint density at radius 1 is 1.17 bits per heavy atom. The summed E-state index contributed by atoms with van der Waals surface area (Å²) in [5, 5.41) is 0. The van der Waals surface area contributed by atoms with Gasteiger partial charge in [0.15, 0.2) is 0 Å². The van der Waals surface area contributed by atoms with E-state index < -0.39 is 19.8 Å². The molecule has 0 aromatic rings. The summed E-state index contributed by atoms with van der Waals surface area (Å²) in [6.45, 7) is 1.77. The Labute approximate surface area is 91.1 Å². The second kappa shape index (κ2) is 5.72. The number of phosphoric acid groups is 1. The summed E-state index contributed by atoms with van der Waals surface area (Å²) in [6, 6.07) is 0. The van der Waals surface area contributed by atoms with E-state index >= 15 is 0 Å². The van der Waals surface area contributed by atoms with Crippen molar-refractivity contribution in [1.82, 2.24) is 0 Å². The number of hydrogen-bond acceptors (Lipinski definition) is 6. The van der Waals surface area contributed by atoms with E-state index in [2.05, 4.69) is 9.05 Å². The SMILES string of the molecule is CC(=O)OP(=O)([O-])OC(C)=O.[Na+]. The van der Waals surface area contributed by atoms with Crippen molar-refractivity contribution in [2.45, 2.75) is 13.8 Å². The van der Waals surface area contributed by atoms with Crippen LogP contribution in [0.15, 0.2) is 0 Å².